The van der Waals surface area contributed by atoms with Gasteiger partial charge in [-0.1, -0.05) is 36.4 Å². The van der Waals surface area contributed by atoms with Crippen LogP contribution in [-0.2, 0) is 15.6 Å². The summed E-state index contributed by atoms with van der Waals surface area (Å²) in [5, 5.41) is -1.96. The molecule has 4 N–H and O–H groups in total. The largest absolute Gasteiger partial charge is 0.340 e. The van der Waals surface area contributed by atoms with Crippen LogP contribution >= 0.6 is 15.2 Å². The molecule has 0 atom stereocenters. The van der Waals surface area contributed by atoms with Crippen LogP contribution in [0.2, 0.25) is 0 Å². The number of rotatable bonds is 7. The molecule has 0 bridgehead atoms. The smallest absolute Gasteiger partial charge is 0.324 e. The second kappa shape index (κ2) is 7.92. The highest BCUT2D eigenvalue weighted by Crippen LogP contribution is 2.61. The topological polar surface area (TPSA) is 115 Å². The lowest BCUT2D eigenvalue weighted by Crippen LogP contribution is -2.09. The lowest BCUT2D eigenvalue weighted by Gasteiger charge is -2.19. The van der Waals surface area contributed by atoms with Crippen LogP contribution in [0.1, 0.15) is 18.4 Å². The molecule has 0 radical (unpaired) electrons. The van der Waals surface area contributed by atoms with Gasteiger partial charge in [-0.25, -0.2) is 4.39 Å². The minimum atomic E-state index is -4.86. The fraction of sp³-hybridized carbons (Fsp3) is 0.250. The van der Waals surface area contributed by atoms with Gasteiger partial charge in [0.2, 0.25) is 0 Å². The summed E-state index contributed by atoms with van der Waals surface area (Å²) in [4.78, 5) is 36.3. The fourth-order valence-electron chi connectivity index (χ4n) is 2.53. The van der Waals surface area contributed by atoms with Crippen molar-refractivity contribution in [3.63, 3.8) is 0 Å². The molecule has 25 heavy (non-hydrogen) atoms. The van der Waals surface area contributed by atoms with E-state index in [4.69, 9.17) is 19.6 Å². The van der Waals surface area contributed by atoms with Crippen LogP contribution in [0.25, 0.3) is 11.1 Å². The third-order valence-electron chi connectivity index (χ3n) is 3.84. The van der Waals surface area contributed by atoms with Crippen LogP contribution in [0.15, 0.2) is 48.5 Å². The van der Waals surface area contributed by atoms with Crippen molar-refractivity contribution in [2.24, 2.45) is 0 Å². The van der Waals surface area contributed by atoms with Crippen molar-refractivity contribution in [2.75, 3.05) is 0 Å². The zero-order valence-electron chi connectivity index (χ0n) is 13.2. The number of halogens is 1. The molecular formula is C16H19FO6P2. The number of benzene rings is 2. The van der Waals surface area contributed by atoms with Crippen LogP contribution in [-0.4, -0.2) is 25.0 Å². The normalized spacial score (nSPS) is 12.6. The molecule has 0 spiro atoms. The van der Waals surface area contributed by atoms with Gasteiger partial charge < -0.3 is 19.6 Å². The van der Waals surface area contributed by atoms with Crippen molar-refractivity contribution >= 4 is 15.2 Å². The molecule has 0 aromatic heterocycles. The van der Waals surface area contributed by atoms with E-state index in [1.165, 1.54) is 12.1 Å². The first kappa shape index (κ1) is 20.0. The summed E-state index contributed by atoms with van der Waals surface area (Å²) in [5.41, 5.74) is 2.63. The van der Waals surface area contributed by atoms with Crippen molar-refractivity contribution in [2.45, 2.75) is 24.7 Å². The van der Waals surface area contributed by atoms with Crippen LogP contribution < -0.4 is 0 Å². The fourth-order valence-corrected chi connectivity index (χ4v) is 5.13. The molecule has 0 heterocycles. The molecule has 0 fully saturated rings. The van der Waals surface area contributed by atoms with E-state index in [0.717, 1.165) is 16.7 Å². The van der Waals surface area contributed by atoms with Gasteiger partial charge in [-0.15, -0.1) is 0 Å². The third kappa shape index (κ3) is 5.86. The second-order valence-corrected chi connectivity index (χ2v) is 9.77. The second-order valence-electron chi connectivity index (χ2n) is 5.75. The SMILES string of the molecule is O=P(O)(O)C(CCCc1ccc(-c2ccc(F)cc2)cc1)P(=O)(O)O. The molecule has 6 nitrogen and oxygen atoms in total. The Kier molecular flexibility index (Phi) is 6.33. The van der Waals surface area contributed by atoms with Crippen molar-refractivity contribution in [1.29, 1.82) is 0 Å². The van der Waals surface area contributed by atoms with E-state index in [9.17, 15) is 13.5 Å². The molecule has 0 aliphatic rings. The average Bonchev–Trinajstić information content (AvgIpc) is 2.50. The lowest BCUT2D eigenvalue weighted by atomic mass is 10.0. The van der Waals surface area contributed by atoms with E-state index in [-0.39, 0.29) is 18.7 Å². The molecule has 0 saturated carbocycles. The zero-order chi connectivity index (χ0) is 18.7. The van der Waals surface area contributed by atoms with E-state index in [1.54, 1.807) is 12.1 Å². The van der Waals surface area contributed by atoms with Gasteiger partial charge in [0, 0.05) is 0 Å². The molecule has 9 heteroatoms. The molecule has 2 aromatic rings. The summed E-state index contributed by atoms with van der Waals surface area (Å²) >= 11 is 0. The quantitative estimate of drug-likeness (QED) is 0.540. The monoisotopic (exact) mass is 388 g/mol. The summed E-state index contributed by atoms with van der Waals surface area (Å²) in [5.74, 6) is -0.315. The van der Waals surface area contributed by atoms with Gasteiger partial charge in [0.05, 0.1) is 0 Å². The highest BCUT2D eigenvalue weighted by Gasteiger charge is 2.42. The summed E-state index contributed by atoms with van der Waals surface area (Å²) in [6.07, 6.45) is 0.394. The Morgan fingerprint density at radius 3 is 1.68 bits per heavy atom. The number of hydrogen-bond acceptors (Lipinski definition) is 2. The molecule has 0 unspecified atom stereocenters. The van der Waals surface area contributed by atoms with Crippen LogP contribution in [0.4, 0.5) is 4.39 Å². The van der Waals surface area contributed by atoms with Crippen molar-refractivity contribution < 1.29 is 33.1 Å². The van der Waals surface area contributed by atoms with E-state index >= 15 is 0 Å². The maximum absolute atomic E-state index is 12.9. The van der Waals surface area contributed by atoms with Crippen LogP contribution in [0.5, 0.6) is 0 Å². The Morgan fingerprint density at radius 2 is 1.24 bits per heavy atom. The summed E-state index contributed by atoms with van der Waals surface area (Å²) < 4.78 is 35.4. The van der Waals surface area contributed by atoms with Gasteiger partial charge in [0.15, 0.2) is 5.40 Å². The summed E-state index contributed by atoms with van der Waals surface area (Å²) in [6.45, 7) is 0. The molecule has 0 aliphatic carbocycles. The molecule has 2 rings (SSSR count). The minimum absolute atomic E-state index is 0.233. The maximum atomic E-state index is 12.9. The first-order valence-corrected chi connectivity index (χ1v) is 10.9. The molecule has 0 saturated heterocycles. The predicted molar refractivity (Wildman–Crippen MR) is 92.7 cm³/mol. The standard InChI is InChI=1S/C16H19FO6P2/c17-15-10-8-14(9-11-15)13-6-4-12(5-7-13)2-1-3-16(24(18,19)20)25(21,22)23/h4-11,16H,1-3H2,(H2,18,19,20)(H2,21,22,23). The van der Waals surface area contributed by atoms with Gasteiger partial charge in [0.1, 0.15) is 5.82 Å². The van der Waals surface area contributed by atoms with Gasteiger partial charge in [0.25, 0.3) is 0 Å². The Labute approximate surface area is 144 Å². The summed E-state index contributed by atoms with van der Waals surface area (Å²) in [7, 11) is -9.73. The Morgan fingerprint density at radius 1 is 0.800 bits per heavy atom. The van der Waals surface area contributed by atoms with Gasteiger partial charge in [-0.05, 0) is 48.1 Å². The lowest BCUT2D eigenvalue weighted by molar-refractivity contribution is 0.334. The van der Waals surface area contributed by atoms with Gasteiger partial charge in [-0.3, -0.25) is 9.13 Å². The highest BCUT2D eigenvalue weighted by atomic mass is 31.2. The molecule has 0 amide bonds. The van der Waals surface area contributed by atoms with Crippen molar-refractivity contribution in [3.05, 3.63) is 59.9 Å². The average molecular weight is 388 g/mol. The summed E-state index contributed by atoms with van der Waals surface area (Å²) in [6, 6.07) is 13.4. The number of hydrogen-bond donors (Lipinski definition) is 4. The minimum Gasteiger partial charge on any atom is -0.324 e. The first-order valence-electron chi connectivity index (χ1n) is 7.53. The Hall–Kier alpha value is -1.33. The van der Waals surface area contributed by atoms with E-state index in [0.29, 0.717) is 6.42 Å². The van der Waals surface area contributed by atoms with Crippen LogP contribution in [0.3, 0.4) is 0 Å². The van der Waals surface area contributed by atoms with Gasteiger partial charge >= 0.3 is 15.2 Å². The Bertz CT molecular complexity index is 772. The zero-order valence-corrected chi connectivity index (χ0v) is 15.0. The van der Waals surface area contributed by atoms with E-state index in [2.05, 4.69) is 0 Å². The predicted octanol–water partition coefficient (Wildman–Crippen LogP) is 3.50. The van der Waals surface area contributed by atoms with E-state index < -0.39 is 20.6 Å². The van der Waals surface area contributed by atoms with E-state index in [1.807, 2.05) is 24.3 Å². The molecule has 136 valence electrons. The molecular weight excluding hydrogens is 369 g/mol. The van der Waals surface area contributed by atoms with Crippen molar-refractivity contribution in [3.8, 4) is 11.1 Å². The molecule has 2 aromatic carbocycles. The maximum Gasteiger partial charge on any atom is 0.340 e. The Balaban J connectivity index is 1.99. The third-order valence-corrected chi connectivity index (χ3v) is 7.71. The number of aryl methyl sites for hydroxylation is 1. The van der Waals surface area contributed by atoms with Crippen molar-refractivity contribution in [1.82, 2.24) is 0 Å². The van der Waals surface area contributed by atoms with Crippen LogP contribution in [0, 0.1) is 5.82 Å². The van der Waals surface area contributed by atoms with Gasteiger partial charge in [-0.2, -0.15) is 0 Å². The first-order chi connectivity index (χ1) is 11.6. The molecule has 0 aliphatic heterocycles. The highest BCUT2D eigenvalue weighted by molar-refractivity contribution is 7.70.